The summed E-state index contributed by atoms with van der Waals surface area (Å²) in [5.74, 6) is 1.56. The van der Waals surface area contributed by atoms with E-state index in [1.54, 1.807) is 12.4 Å². The minimum Gasteiger partial charge on any atom is -0.338 e. The Kier molecular flexibility index (Phi) is 4.34. The Morgan fingerprint density at radius 2 is 2.14 bits per heavy atom. The Labute approximate surface area is 125 Å². The molecule has 0 spiro atoms. The molecule has 114 valence electrons. The molecule has 2 fully saturated rings. The summed E-state index contributed by atoms with van der Waals surface area (Å²) >= 11 is 0. The number of likely N-dealkylation sites (N-methyl/N-ethyl adjacent to an activating group) is 1. The number of hydrogen-bond acceptors (Lipinski definition) is 4. The van der Waals surface area contributed by atoms with Crippen LogP contribution in [-0.2, 0) is 6.54 Å². The topological polar surface area (TPSA) is 61.4 Å². The zero-order valence-electron chi connectivity index (χ0n) is 12.5. The van der Waals surface area contributed by atoms with Crippen molar-refractivity contribution in [3.05, 3.63) is 24.3 Å². The van der Waals surface area contributed by atoms with Crippen LogP contribution in [0.5, 0.6) is 0 Å². The van der Waals surface area contributed by atoms with Gasteiger partial charge < -0.3 is 10.2 Å². The summed E-state index contributed by atoms with van der Waals surface area (Å²) in [5, 5.41) is 3.04. The second kappa shape index (κ2) is 6.39. The maximum Gasteiger partial charge on any atom is 0.317 e. The van der Waals surface area contributed by atoms with Crippen LogP contribution in [0.15, 0.2) is 18.5 Å². The van der Waals surface area contributed by atoms with E-state index in [4.69, 9.17) is 0 Å². The first-order valence-electron chi connectivity index (χ1n) is 7.71. The molecule has 0 aromatic carbocycles. The van der Waals surface area contributed by atoms with Gasteiger partial charge in [-0.1, -0.05) is 0 Å². The van der Waals surface area contributed by atoms with Gasteiger partial charge in [0.15, 0.2) is 0 Å². The second-order valence-electron chi connectivity index (χ2n) is 6.10. The minimum atomic E-state index is 0.0914. The molecule has 1 saturated carbocycles. The molecular formula is C15H23N5O. The zero-order valence-corrected chi connectivity index (χ0v) is 12.5. The van der Waals surface area contributed by atoms with Crippen LogP contribution >= 0.6 is 0 Å². The lowest BCUT2D eigenvalue weighted by molar-refractivity contribution is 0.196. The van der Waals surface area contributed by atoms with Crippen LogP contribution in [0.25, 0.3) is 0 Å². The molecule has 0 unspecified atom stereocenters. The van der Waals surface area contributed by atoms with Gasteiger partial charge in [0.25, 0.3) is 0 Å². The van der Waals surface area contributed by atoms with Gasteiger partial charge in [0.2, 0.25) is 0 Å². The molecular weight excluding hydrogens is 266 g/mol. The number of nitrogens with one attached hydrogen (secondary N) is 1. The van der Waals surface area contributed by atoms with Gasteiger partial charge in [-0.15, -0.1) is 0 Å². The van der Waals surface area contributed by atoms with Crippen molar-refractivity contribution in [3.63, 3.8) is 0 Å². The van der Waals surface area contributed by atoms with Gasteiger partial charge in [-0.05, 0) is 38.3 Å². The lowest BCUT2D eigenvalue weighted by atomic mass is 10.2. The first kappa shape index (κ1) is 14.3. The highest BCUT2D eigenvalue weighted by atomic mass is 16.2. The monoisotopic (exact) mass is 289 g/mol. The highest BCUT2D eigenvalue weighted by Crippen LogP contribution is 2.27. The predicted molar refractivity (Wildman–Crippen MR) is 79.6 cm³/mol. The summed E-state index contributed by atoms with van der Waals surface area (Å²) < 4.78 is 0. The summed E-state index contributed by atoms with van der Waals surface area (Å²) in [6.45, 7) is 3.19. The van der Waals surface area contributed by atoms with Crippen LogP contribution in [0.3, 0.4) is 0 Å². The molecule has 1 saturated heterocycles. The average molecular weight is 289 g/mol. The number of likely N-dealkylation sites (tertiary alicyclic amines) is 1. The normalized spacial score (nSPS) is 21.8. The Bertz CT molecular complexity index is 476. The Hall–Kier alpha value is -1.69. The fourth-order valence-electron chi connectivity index (χ4n) is 2.72. The Balaban J connectivity index is 1.45. The third-order valence-corrected chi connectivity index (χ3v) is 4.32. The SMILES string of the molecule is CN(Cc1ncccn1)[C@@H]1CCN(C(=O)NCC2CC2)C1. The van der Waals surface area contributed by atoms with Gasteiger partial charge in [0, 0.05) is 38.1 Å². The zero-order chi connectivity index (χ0) is 14.7. The van der Waals surface area contributed by atoms with Crippen LogP contribution in [0.4, 0.5) is 4.79 Å². The number of hydrogen-bond donors (Lipinski definition) is 1. The van der Waals surface area contributed by atoms with E-state index in [0.717, 1.165) is 44.3 Å². The maximum atomic E-state index is 12.1. The van der Waals surface area contributed by atoms with E-state index in [-0.39, 0.29) is 6.03 Å². The van der Waals surface area contributed by atoms with Crippen molar-refractivity contribution in [2.24, 2.45) is 5.92 Å². The van der Waals surface area contributed by atoms with E-state index in [1.165, 1.54) is 12.8 Å². The van der Waals surface area contributed by atoms with Crippen molar-refractivity contribution in [1.29, 1.82) is 0 Å². The van der Waals surface area contributed by atoms with E-state index >= 15 is 0 Å². The lowest BCUT2D eigenvalue weighted by Gasteiger charge is -2.24. The lowest BCUT2D eigenvalue weighted by Crippen LogP contribution is -2.41. The largest absolute Gasteiger partial charge is 0.338 e. The van der Waals surface area contributed by atoms with E-state index in [0.29, 0.717) is 6.04 Å². The van der Waals surface area contributed by atoms with Gasteiger partial charge in [0.1, 0.15) is 5.82 Å². The summed E-state index contributed by atoms with van der Waals surface area (Å²) in [5.41, 5.74) is 0. The summed E-state index contributed by atoms with van der Waals surface area (Å²) in [6, 6.07) is 2.31. The molecule has 1 aliphatic carbocycles. The molecule has 1 N–H and O–H groups in total. The standard InChI is InChI=1S/C15H23N5O/c1-19(11-14-16-6-2-7-17-14)13-5-8-20(10-13)15(21)18-9-12-3-4-12/h2,6-7,12-13H,3-5,8-11H2,1H3,(H,18,21)/t13-/m1/s1. The smallest absolute Gasteiger partial charge is 0.317 e. The van der Waals surface area contributed by atoms with Gasteiger partial charge >= 0.3 is 6.03 Å². The second-order valence-corrected chi connectivity index (χ2v) is 6.10. The molecule has 0 bridgehead atoms. The van der Waals surface area contributed by atoms with E-state index in [9.17, 15) is 4.79 Å². The number of urea groups is 1. The third kappa shape index (κ3) is 3.91. The van der Waals surface area contributed by atoms with Crippen LogP contribution in [0.1, 0.15) is 25.1 Å². The van der Waals surface area contributed by atoms with Gasteiger partial charge in [-0.3, -0.25) is 4.90 Å². The van der Waals surface area contributed by atoms with Crippen molar-refractivity contribution in [1.82, 2.24) is 25.1 Å². The van der Waals surface area contributed by atoms with E-state index in [2.05, 4.69) is 27.2 Å². The van der Waals surface area contributed by atoms with E-state index < -0.39 is 0 Å². The van der Waals surface area contributed by atoms with Gasteiger partial charge in [0.05, 0.1) is 6.54 Å². The van der Waals surface area contributed by atoms with Crippen LogP contribution in [0, 0.1) is 5.92 Å². The number of carbonyl (C=O) groups is 1. The van der Waals surface area contributed by atoms with Crippen LogP contribution in [0.2, 0.25) is 0 Å². The maximum absolute atomic E-state index is 12.1. The third-order valence-electron chi connectivity index (χ3n) is 4.32. The van der Waals surface area contributed by atoms with Gasteiger partial charge in [-0.2, -0.15) is 0 Å². The number of rotatable bonds is 5. The minimum absolute atomic E-state index is 0.0914. The Morgan fingerprint density at radius 1 is 1.38 bits per heavy atom. The Morgan fingerprint density at radius 3 is 2.86 bits per heavy atom. The number of nitrogens with zero attached hydrogens (tertiary/aromatic N) is 4. The molecule has 1 atom stereocenters. The van der Waals surface area contributed by atoms with Gasteiger partial charge in [-0.25, -0.2) is 14.8 Å². The van der Waals surface area contributed by atoms with Crippen molar-refractivity contribution >= 4 is 6.03 Å². The van der Waals surface area contributed by atoms with Crippen molar-refractivity contribution in [2.75, 3.05) is 26.7 Å². The van der Waals surface area contributed by atoms with E-state index in [1.807, 2.05) is 11.0 Å². The molecule has 0 radical (unpaired) electrons. The number of aromatic nitrogens is 2. The van der Waals surface area contributed by atoms with Crippen LogP contribution < -0.4 is 5.32 Å². The molecule has 1 aliphatic heterocycles. The summed E-state index contributed by atoms with van der Waals surface area (Å²) in [7, 11) is 2.08. The predicted octanol–water partition coefficient (Wildman–Crippen LogP) is 1.10. The summed E-state index contributed by atoms with van der Waals surface area (Å²) in [4.78, 5) is 24.7. The first-order valence-corrected chi connectivity index (χ1v) is 7.71. The fraction of sp³-hybridized carbons (Fsp3) is 0.667. The van der Waals surface area contributed by atoms with Crippen molar-refractivity contribution in [3.8, 4) is 0 Å². The highest BCUT2D eigenvalue weighted by molar-refractivity contribution is 5.74. The van der Waals surface area contributed by atoms with Crippen molar-refractivity contribution < 1.29 is 4.79 Å². The molecule has 2 heterocycles. The summed E-state index contributed by atoms with van der Waals surface area (Å²) in [6.07, 6.45) is 7.08. The molecule has 1 aromatic heterocycles. The molecule has 2 aliphatic rings. The number of carbonyl (C=O) groups excluding carboxylic acids is 1. The molecule has 1 aromatic rings. The molecule has 6 nitrogen and oxygen atoms in total. The average Bonchev–Trinajstić information content (AvgIpc) is 3.19. The molecule has 3 rings (SSSR count). The molecule has 6 heteroatoms. The molecule has 2 amide bonds. The quantitative estimate of drug-likeness (QED) is 0.882. The fourth-order valence-corrected chi connectivity index (χ4v) is 2.72. The number of amides is 2. The van der Waals surface area contributed by atoms with Crippen LogP contribution in [-0.4, -0.2) is 58.5 Å². The highest BCUT2D eigenvalue weighted by Gasteiger charge is 2.30. The first-order chi connectivity index (χ1) is 10.2. The van der Waals surface area contributed by atoms with Crippen molar-refractivity contribution in [2.45, 2.75) is 31.8 Å². The molecule has 21 heavy (non-hydrogen) atoms.